The van der Waals surface area contributed by atoms with Crippen LogP contribution in [0.15, 0.2) is 24.3 Å². The number of nitrogens with zero attached hydrogens (tertiary/aromatic N) is 1. The fourth-order valence-corrected chi connectivity index (χ4v) is 2.47. The number of amides is 2. The Kier molecular flexibility index (Phi) is 7.36. The molecule has 2 amide bonds. The summed E-state index contributed by atoms with van der Waals surface area (Å²) in [6.07, 6.45) is -0.130. The SMILES string of the molecule is CC(C)C(NC(=O)c1ccc(C(C)(C)C)cc1)C(=O)N(C)CCC(=O)O. The van der Waals surface area contributed by atoms with E-state index in [1.165, 1.54) is 4.90 Å². The summed E-state index contributed by atoms with van der Waals surface area (Å²) in [7, 11) is 1.55. The molecule has 144 valence electrons. The third-order valence-corrected chi connectivity index (χ3v) is 4.27. The Morgan fingerprint density at radius 2 is 1.65 bits per heavy atom. The van der Waals surface area contributed by atoms with E-state index in [2.05, 4.69) is 26.1 Å². The van der Waals surface area contributed by atoms with Crippen molar-refractivity contribution >= 4 is 17.8 Å². The zero-order chi connectivity index (χ0) is 20.1. The van der Waals surface area contributed by atoms with Crippen LogP contribution in [-0.2, 0) is 15.0 Å². The monoisotopic (exact) mass is 362 g/mol. The molecule has 0 aliphatic rings. The highest BCUT2D eigenvalue weighted by Crippen LogP contribution is 2.22. The number of likely N-dealkylation sites (N-methyl/N-ethyl adjacent to an activating group) is 1. The predicted molar refractivity (Wildman–Crippen MR) is 101 cm³/mol. The highest BCUT2D eigenvalue weighted by atomic mass is 16.4. The van der Waals surface area contributed by atoms with Crippen LogP contribution in [0, 0.1) is 5.92 Å². The number of carbonyl (C=O) groups is 3. The summed E-state index contributed by atoms with van der Waals surface area (Å²) in [5, 5.41) is 11.5. The summed E-state index contributed by atoms with van der Waals surface area (Å²) in [6.45, 7) is 10.1. The molecule has 1 rings (SSSR count). The number of benzene rings is 1. The molecule has 0 fully saturated rings. The lowest BCUT2D eigenvalue weighted by Gasteiger charge is -2.27. The van der Waals surface area contributed by atoms with Crippen LogP contribution in [0.5, 0.6) is 0 Å². The van der Waals surface area contributed by atoms with E-state index in [9.17, 15) is 14.4 Å². The Bertz CT molecular complexity index is 645. The van der Waals surface area contributed by atoms with Crippen molar-refractivity contribution in [3.63, 3.8) is 0 Å². The summed E-state index contributed by atoms with van der Waals surface area (Å²) in [6, 6.07) is 6.64. The lowest BCUT2D eigenvalue weighted by molar-refractivity contribution is -0.138. The zero-order valence-corrected chi connectivity index (χ0v) is 16.5. The second kappa shape index (κ2) is 8.83. The quantitative estimate of drug-likeness (QED) is 0.781. The molecule has 0 aromatic heterocycles. The van der Waals surface area contributed by atoms with Gasteiger partial charge in [-0.1, -0.05) is 46.8 Å². The summed E-state index contributed by atoms with van der Waals surface area (Å²) < 4.78 is 0. The van der Waals surface area contributed by atoms with Crippen LogP contribution >= 0.6 is 0 Å². The fourth-order valence-electron chi connectivity index (χ4n) is 2.47. The molecule has 0 heterocycles. The maximum atomic E-state index is 12.6. The number of carboxylic acids is 1. The smallest absolute Gasteiger partial charge is 0.305 e. The molecular weight excluding hydrogens is 332 g/mol. The fraction of sp³-hybridized carbons (Fsp3) is 0.550. The first-order valence-corrected chi connectivity index (χ1v) is 8.81. The van der Waals surface area contributed by atoms with Gasteiger partial charge < -0.3 is 15.3 Å². The van der Waals surface area contributed by atoms with Crippen molar-refractivity contribution in [2.24, 2.45) is 5.92 Å². The molecule has 0 saturated heterocycles. The van der Waals surface area contributed by atoms with E-state index >= 15 is 0 Å². The largest absolute Gasteiger partial charge is 0.481 e. The summed E-state index contributed by atoms with van der Waals surface area (Å²) in [4.78, 5) is 37.1. The van der Waals surface area contributed by atoms with Gasteiger partial charge in [0.15, 0.2) is 0 Å². The highest BCUT2D eigenvalue weighted by Gasteiger charge is 2.27. The van der Waals surface area contributed by atoms with Crippen molar-refractivity contribution in [3.05, 3.63) is 35.4 Å². The van der Waals surface area contributed by atoms with Gasteiger partial charge in [0, 0.05) is 19.2 Å². The zero-order valence-electron chi connectivity index (χ0n) is 16.5. The second-order valence-electron chi connectivity index (χ2n) is 7.93. The number of nitrogens with one attached hydrogen (secondary N) is 1. The van der Waals surface area contributed by atoms with Gasteiger partial charge in [0.25, 0.3) is 5.91 Å². The van der Waals surface area contributed by atoms with E-state index in [0.29, 0.717) is 5.56 Å². The number of carbonyl (C=O) groups excluding carboxylic acids is 2. The first-order valence-electron chi connectivity index (χ1n) is 8.81. The van der Waals surface area contributed by atoms with E-state index in [0.717, 1.165) is 5.56 Å². The maximum Gasteiger partial charge on any atom is 0.305 e. The van der Waals surface area contributed by atoms with Crippen LogP contribution in [0.1, 0.15) is 57.0 Å². The molecule has 1 unspecified atom stereocenters. The number of hydrogen-bond acceptors (Lipinski definition) is 3. The number of rotatable bonds is 7. The molecule has 0 aliphatic heterocycles. The van der Waals surface area contributed by atoms with Gasteiger partial charge in [0.05, 0.1) is 6.42 Å². The van der Waals surface area contributed by atoms with Gasteiger partial charge in [-0.15, -0.1) is 0 Å². The first kappa shape index (κ1) is 21.7. The van der Waals surface area contributed by atoms with Crippen molar-refractivity contribution in [2.45, 2.75) is 52.5 Å². The third-order valence-electron chi connectivity index (χ3n) is 4.27. The number of carboxylic acid groups (broad SMARTS) is 1. The summed E-state index contributed by atoms with van der Waals surface area (Å²) in [5.74, 6) is -1.69. The molecule has 6 nitrogen and oxygen atoms in total. The van der Waals surface area contributed by atoms with Gasteiger partial charge >= 0.3 is 5.97 Å². The van der Waals surface area contributed by atoms with Crippen molar-refractivity contribution < 1.29 is 19.5 Å². The van der Waals surface area contributed by atoms with E-state index in [1.807, 2.05) is 26.0 Å². The van der Waals surface area contributed by atoms with Crippen LogP contribution in [0.25, 0.3) is 0 Å². The third kappa shape index (κ3) is 6.17. The second-order valence-corrected chi connectivity index (χ2v) is 7.93. The maximum absolute atomic E-state index is 12.6. The average Bonchev–Trinajstić information content (AvgIpc) is 2.55. The Balaban J connectivity index is 2.85. The van der Waals surface area contributed by atoms with Crippen molar-refractivity contribution in [1.82, 2.24) is 10.2 Å². The molecule has 1 aromatic rings. The molecule has 0 aliphatic carbocycles. The van der Waals surface area contributed by atoms with Gasteiger partial charge in [0.2, 0.25) is 5.91 Å². The standard InChI is InChI=1S/C20H30N2O4/c1-13(2)17(19(26)22(6)12-11-16(23)24)21-18(25)14-7-9-15(10-8-14)20(3,4)5/h7-10,13,17H,11-12H2,1-6H3,(H,21,25)(H,23,24). The van der Waals surface area contributed by atoms with Crippen molar-refractivity contribution in [3.8, 4) is 0 Å². The lowest BCUT2D eigenvalue weighted by atomic mass is 9.86. The first-order chi connectivity index (χ1) is 11.9. The number of aliphatic carboxylic acids is 1. The van der Waals surface area contributed by atoms with Gasteiger partial charge in [0.1, 0.15) is 6.04 Å². The average molecular weight is 362 g/mol. The molecule has 0 saturated carbocycles. The van der Waals surface area contributed by atoms with E-state index in [4.69, 9.17) is 5.11 Å². The topological polar surface area (TPSA) is 86.7 Å². The van der Waals surface area contributed by atoms with Gasteiger partial charge in [-0.3, -0.25) is 14.4 Å². The molecule has 1 atom stereocenters. The van der Waals surface area contributed by atoms with Crippen LogP contribution < -0.4 is 5.32 Å². The molecule has 1 aromatic carbocycles. The summed E-state index contributed by atoms with van der Waals surface area (Å²) in [5.41, 5.74) is 1.61. The lowest BCUT2D eigenvalue weighted by Crippen LogP contribution is -2.50. The molecule has 0 spiro atoms. The van der Waals surface area contributed by atoms with Crippen LogP contribution in [-0.4, -0.2) is 47.4 Å². The molecule has 0 bridgehead atoms. The Labute approximate surface area is 155 Å². The van der Waals surface area contributed by atoms with E-state index < -0.39 is 12.0 Å². The Morgan fingerprint density at radius 3 is 2.08 bits per heavy atom. The van der Waals surface area contributed by atoms with Crippen LogP contribution in [0.2, 0.25) is 0 Å². The van der Waals surface area contributed by atoms with Crippen LogP contribution in [0.3, 0.4) is 0 Å². The van der Waals surface area contributed by atoms with Crippen molar-refractivity contribution in [2.75, 3.05) is 13.6 Å². The number of hydrogen-bond donors (Lipinski definition) is 2. The van der Waals surface area contributed by atoms with Crippen molar-refractivity contribution in [1.29, 1.82) is 0 Å². The van der Waals surface area contributed by atoms with Gasteiger partial charge in [-0.25, -0.2) is 0 Å². The Hall–Kier alpha value is -2.37. The molecule has 0 radical (unpaired) electrons. The Morgan fingerprint density at radius 1 is 1.12 bits per heavy atom. The minimum atomic E-state index is -0.964. The van der Waals surface area contributed by atoms with Gasteiger partial charge in [-0.05, 0) is 29.0 Å². The van der Waals surface area contributed by atoms with E-state index in [1.54, 1.807) is 19.2 Å². The van der Waals surface area contributed by atoms with Crippen LogP contribution in [0.4, 0.5) is 0 Å². The molecule has 2 N–H and O–H groups in total. The molecule has 6 heteroatoms. The van der Waals surface area contributed by atoms with E-state index in [-0.39, 0.29) is 36.1 Å². The minimum absolute atomic E-state index is 0.00169. The normalized spacial score (nSPS) is 12.6. The minimum Gasteiger partial charge on any atom is -0.481 e. The highest BCUT2D eigenvalue weighted by molar-refractivity contribution is 5.97. The molecule has 26 heavy (non-hydrogen) atoms. The van der Waals surface area contributed by atoms with Gasteiger partial charge in [-0.2, -0.15) is 0 Å². The predicted octanol–water partition coefficient (Wildman–Crippen LogP) is 2.67. The summed E-state index contributed by atoms with van der Waals surface area (Å²) >= 11 is 0. The molecular formula is C20H30N2O4.